The van der Waals surface area contributed by atoms with Crippen molar-refractivity contribution >= 4 is 15.8 Å². The van der Waals surface area contributed by atoms with E-state index in [4.69, 9.17) is 0 Å². The maximum Gasteiger partial charge on any atom is 0.0228 e. The van der Waals surface area contributed by atoms with Gasteiger partial charge in [0.05, 0.1) is 0 Å². The van der Waals surface area contributed by atoms with E-state index in [0.29, 0.717) is 0 Å². The third-order valence-corrected chi connectivity index (χ3v) is 8.95. The molecule has 0 N–H and O–H groups in total. The van der Waals surface area contributed by atoms with Gasteiger partial charge in [0.15, 0.2) is 0 Å². The Morgan fingerprint density at radius 2 is 1.60 bits per heavy atom. The average molecular weight is 242 g/mol. The van der Waals surface area contributed by atoms with Gasteiger partial charge in [0, 0.05) is 5.66 Å². The quantitative estimate of drug-likeness (QED) is 0.584. The Kier molecular flexibility index (Phi) is 6.10. The first-order valence-electron chi connectivity index (χ1n) is 6.15. The van der Waals surface area contributed by atoms with Crippen LogP contribution in [-0.4, -0.2) is 30.3 Å². The first kappa shape index (κ1) is 13.4. The van der Waals surface area contributed by atoms with Crippen molar-refractivity contribution in [2.45, 2.75) is 33.4 Å². The van der Waals surface area contributed by atoms with Gasteiger partial charge in [-0.2, -0.15) is 0 Å². The lowest BCUT2D eigenvalue weighted by Gasteiger charge is -2.28. The largest absolute Gasteiger partial charge is 0.0955 e. The third-order valence-electron chi connectivity index (χ3n) is 3.20. The zero-order chi connectivity index (χ0) is 11.3. The van der Waals surface area contributed by atoms with E-state index in [1.807, 2.05) is 0 Å². The SMILES string of the molecule is CCP(CC)C1=CC=CC1P(CC)CC. The minimum absolute atomic E-state index is 0.174. The van der Waals surface area contributed by atoms with Gasteiger partial charge >= 0.3 is 0 Å². The maximum atomic E-state index is 2.47. The van der Waals surface area contributed by atoms with Crippen molar-refractivity contribution in [3.8, 4) is 0 Å². The van der Waals surface area contributed by atoms with E-state index < -0.39 is 0 Å². The molecule has 1 aliphatic rings. The predicted octanol–water partition coefficient (Wildman–Crippen LogP) is 4.85. The maximum absolute atomic E-state index is 2.47. The molecule has 0 heterocycles. The molecule has 1 aliphatic carbocycles. The van der Waals surface area contributed by atoms with Crippen LogP contribution in [-0.2, 0) is 0 Å². The Morgan fingerprint density at radius 3 is 2.07 bits per heavy atom. The Bertz CT molecular complexity index is 235. The molecule has 0 bridgehead atoms. The summed E-state index contributed by atoms with van der Waals surface area (Å²) in [5, 5.41) is 1.80. The van der Waals surface area contributed by atoms with Gasteiger partial charge in [-0.25, -0.2) is 0 Å². The smallest absolute Gasteiger partial charge is 0.0228 e. The Morgan fingerprint density at radius 1 is 1.00 bits per heavy atom. The monoisotopic (exact) mass is 242 g/mol. The Labute approximate surface area is 97.7 Å². The molecule has 0 fully saturated rings. The van der Waals surface area contributed by atoms with Crippen LogP contribution in [0.3, 0.4) is 0 Å². The van der Waals surface area contributed by atoms with E-state index in [-0.39, 0.29) is 15.8 Å². The summed E-state index contributed by atoms with van der Waals surface area (Å²) in [6.07, 6.45) is 12.7. The summed E-state index contributed by atoms with van der Waals surface area (Å²) in [4.78, 5) is 0. The van der Waals surface area contributed by atoms with Gasteiger partial charge in [0.1, 0.15) is 0 Å². The van der Waals surface area contributed by atoms with Gasteiger partial charge < -0.3 is 0 Å². The molecule has 0 nitrogen and oxygen atoms in total. The van der Waals surface area contributed by atoms with Crippen LogP contribution in [0.4, 0.5) is 0 Å². The van der Waals surface area contributed by atoms with Crippen LogP contribution in [0.15, 0.2) is 23.5 Å². The summed E-state index contributed by atoms with van der Waals surface area (Å²) >= 11 is 0. The zero-order valence-electron chi connectivity index (χ0n) is 10.5. The van der Waals surface area contributed by atoms with E-state index in [9.17, 15) is 0 Å². The second-order valence-electron chi connectivity index (χ2n) is 3.81. The molecule has 0 amide bonds. The molecule has 2 heteroatoms. The van der Waals surface area contributed by atoms with Crippen LogP contribution >= 0.6 is 15.8 Å². The highest BCUT2D eigenvalue weighted by Gasteiger charge is 2.25. The van der Waals surface area contributed by atoms with Gasteiger partial charge in [0.2, 0.25) is 0 Å². The standard InChI is InChI=1S/C13H24P2/c1-5-14(6-2)12-10-9-11-13(12)15(7-3)8-4/h9-12H,5-8H2,1-4H3. The molecule has 1 atom stereocenters. The Hall–Kier alpha value is 0.340. The molecule has 0 aromatic carbocycles. The summed E-state index contributed by atoms with van der Waals surface area (Å²) in [5.41, 5.74) is 0.834. The normalized spacial score (nSPS) is 20.4. The van der Waals surface area contributed by atoms with Crippen molar-refractivity contribution in [2.24, 2.45) is 0 Å². The Balaban J connectivity index is 2.73. The zero-order valence-corrected chi connectivity index (χ0v) is 12.3. The average Bonchev–Trinajstić information content (AvgIpc) is 2.71. The molecule has 0 aromatic heterocycles. The van der Waals surface area contributed by atoms with Crippen LogP contribution < -0.4 is 0 Å². The summed E-state index contributed by atoms with van der Waals surface area (Å²) in [6.45, 7) is 9.43. The lowest BCUT2D eigenvalue weighted by atomic mass is 10.5. The molecular formula is C13H24P2. The van der Waals surface area contributed by atoms with E-state index in [0.717, 1.165) is 5.66 Å². The molecule has 86 valence electrons. The summed E-state index contributed by atoms with van der Waals surface area (Å²) in [6, 6.07) is 0. The molecule has 1 rings (SSSR count). The van der Waals surface area contributed by atoms with E-state index in [2.05, 4.69) is 45.9 Å². The van der Waals surface area contributed by atoms with Gasteiger partial charge in [0.25, 0.3) is 0 Å². The van der Waals surface area contributed by atoms with Crippen LogP contribution in [0.5, 0.6) is 0 Å². The second kappa shape index (κ2) is 6.82. The highest BCUT2D eigenvalue weighted by Crippen LogP contribution is 2.57. The van der Waals surface area contributed by atoms with E-state index in [1.165, 1.54) is 24.6 Å². The highest BCUT2D eigenvalue weighted by molar-refractivity contribution is 7.65. The predicted molar refractivity (Wildman–Crippen MR) is 77.0 cm³/mol. The minimum Gasteiger partial charge on any atom is -0.0955 e. The number of allylic oxidation sites excluding steroid dienone is 4. The fraction of sp³-hybridized carbons (Fsp3) is 0.692. The minimum atomic E-state index is 0.174. The van der Waals surface area contributed by atoms with Gasteiger partial charge in [-0.15, -0.1) is 0 Å². The molecule has 0 aliphatic heterocycles. The lowest BCUT2D eigenvalue weighted by molar-refractivity contribution is 1.28. The number of hydrogen-bond donors (Lipinski definition) is 0. The number of rotatable bonds is 6. The van der Waals surface area contributed by atoms with Crippen molar-refractivity contribution in [2.75, 3.05) is 24.6 Å². The molecule has 0 saturated heterocycles. The van der Waals surface area contributed by atoms with E-state index in [1.54, 1.807) is 5.31 Å². The van der Waals surface area contributed by atoms with Crippen LogP contribution in [0, 0.1) is 0 Å². The van der Waals surface area contributed by atoms with Gasteiger partial charge in [-0.05, 0) is 30.0 Å². The summed E-state index contributed by atoms with van der Waals surface area (Å²) < 4.78 is 0. The van der Waals surface area contributed by atoms with Crippen LogP contribution in [0.2, 0.25) is 0 Å². The van der Waals surface area contributed by atoms with Crippen LogP contribution in [0.1, 0.15) is 27.7 Å². The first-order valence-corrected chi connectivity index (χ1v) is 9.65. The number of hydrogen-bond acceptors (Lipinski definition) is 0. The molecule has 15 heavy (non-hydrogen) atoms. The highest BCUT2D eigenvalue weighted by atomic mass is 31.1. The van der Waals surface area contributed by atoms with Gasteiger partial charge in [-0.1, -0.05) is 61.8 Å². The summed E-state index contributed by atoms with van der Waals surface area (Å²) in [5.74, 6) is 0. The first-order chi connectivity index (χ1) is 7.28. The van der Waals surface area contributed by atoms with Crippen molar-refractivity contribution in [1.29, 1.82) is 0 Å². The molecule has 0 aromatic rings. The molecule has 1 unspecified atom stereocenters. The second-order valence-corrected chi connectivity index (χ2v) is 9.67. The fourth-order valence-corrected chi connectivity index (χ4v) is 7.21. The lowest BCUT2D eigenvalue weighted by Crippen LogP contribution is -2.07. The fourth-order valence-electron chi connectivity index (χ4n) is 2.26. The van der Waals surface area contributed by atoms with E-state index >= 15 is 0 Å². The molecule has 0 radical (unpaired) electrons. The van der Waals surface area contributed by atoms with Crippen molar-refractivity contribution in [1.82, 2.24) is 0 Å². The topological polar surface area (TPSA) is 0 Å². The van der Waals surface area contributed by atoms with Crippen LogP contribution in [0.25, 0.3) is 0 Å². The third kappa shape index (κ3) is 3.15. The summed E-state index contributed by atoms with van der Waals surface area (Å²) in [7, 11) is 0.395. The van der Waals surface area contributed by atoms with Gasteiger partial charge in [-0.3, -0.25) is 0 Å². The van der Waals surface area contributed by atoms with Crippen molar-refractivity contribution in [3.05, 3.63) is 23.5 Å². The molecular weight excluding hydrogens is 218 g/mol. The van der Waals surface area contributed by atoms with Crippen molar-refractivity contribution in [3.63, 3.8) is 0 Å². The molecule has 0 saturated carbocycles. The molecule has 0 spiro atoms. The van der Waals surface area contributed by atoms with Crippen molar-refractivity contribution < 1.29 is 0 Å².